The molecule has 0 saturated carbocycles. The first-order chi connectivity index (χ1) is 10.9. The molecule has 1 aromatic rings. The number of hydrogen-bond acceptors (Lipinski definition) is 4. The number of likely N-dealkylation sites (N-methyl/N-ethyl adjacent to an activating group) is 1. The fourth-order valence-electron chi connectivity index (χ4n) is 2.92. The summed E-state index contributed by atoms with van der Waals surface area (Å²) >= 11 is 0. The van der Waals surface area contributed by atoms with E-state index in [2.05, 4.69) is 16.8 Å². The number of ketones is 1. The molecule has 0 spiro atoms. The number of carboxylic acid groups (broad SMARTS) is 1. The zero-order valence-electron chi connectivity index (χ0n) is 14.2. The average Bonchev–Trinajstić information content (AvgIpc) is 2.50. The summed E-state index contributed by atoms with van der Waals surface area (Å²) in [5.41, 5.74) is 2.81. The number of piperazine rings is 1. The molecule has 5 nitrogen and oxygen atoms in total. The molecule has 1 aliphatic rings. The number of hydrogen-bond donors (Lipinski definition) is 1. The molecule has 2 rings (SSSR count). The number of aryl methyl sites for hydroxylation is 2. The lowest BCUT2D eigenvalue weighted by Crippen LogP contribution is -2.47. The Hall–Kier alpha value is -1.72. The van der Waals surface area contributed by atoms with Crippen molar-refractivity contribution < 1.29 is 14.7 Å². The van der Waals surface area contributed by atoms with Crippen molar-refractivity contribution >= 4 is 11.8 Å². The summed E-state index contributed by atoms with van der Waals surface area (Å²) < 4.78 is 0. The number of carbonyl (C=O) groups is 2. The highest BCUT2D eigenvalue weighted by Crippen LogP contribution is 2.18. The maximum atomic E-state index is 12.8. The molecule has 0 radical (unpaired) electrons. The summed E-state index contributed by atoms with van der Waals surface area (Å²) in [4.78, 5) is 28.4. The molecule has 1 N–H and O–H groups in total. The normalized spacial score (nSPS) is 17.9. The van der Waals surface area contributed by atoms with Crippen molar-refractivity contribution in [2.24, 2.45) is 5.92 Å². The maximum Gasteiger partial charge on any atom is 0.304 e. The highest BCUT2D eigenvalue weighted by Gasteiger charge is 2.27. The molecular weight excluding hydrogens is 292 g/mol. The van der Waals surface area contributed by atoms with Crippen molar-refractivity contribution in [3.8, 4) is 0 Å². The van der Waals surface area contributed by atoms with Crippen molar-refractivity contribution in [3.63, 3.8) is 0 Å². The molecule has 1 aromatic carbocycles. The number of nitrogens with zero attached hydrogens (tertiary/aromatic N) is 2. The minimum atomic E-state index is -0.915. The Morgan fingerprint density at radius 3 is 2.35 bits per heavy atom. The van der Waals surface area contributed by atoms with Gasteiger partial charge >= 0.3 is 5.97 Å². The average molecular weight is 318 g/mol. The topological polar surface area (TPSA) is 60.9 Å². The Bertz CT molecular complexity index is 578. The smallest absolute Gasteiger partial charge is 0.304 e. The van der Waals surface area contributed by atoms with E-state index in [4.69, 9.17) is 0 Å². The zero-order chi connectivity index (χ0) is 17.0. The van der Waals surface area contributed by atoms with Gasteiger partial charge in [0, 0.05) is 44.2 Å². The largest absolute Gasteiger partial charge is 0.481 e. The number of carbonyl (C=O) groups excluding carboxylic acids is 1. The van der Waals surface area contributed by atoms with Gasteiger partial charge < -0.3 is 14.9 Å². The van der Waals surface area contributed by atoms with Gasteiger partial charge in [-0.05, 0) is 38.1 Å². The molecule has 1 heterocycles. The van der Waals surface area contributed by atoms with Crippen LogP contribution in [0.15, 0.2) is 18.2 Å². The van der Waals surface area contributed by atoms with Gasteiger partial charge in [-0.15, -0.1) is 0 Å². The summed E-state index contributed by atoms with van der Waals surface area (Å²) in [5.74, 6) is -1.46. The SMILES string of the molecule is Cc1ccc(C(=O)C(CC(=O)O)CN2CCN(C)CC2)cc1C. The number of Topliss-reactive ketones (excluding diaryl/α,β-unsaturated/α-hetero) is 1. The molecule has 126 valence electrons. The van der Waals surface area contributed by atoms with Gasteiger partial charge in [0.1, 0.15) is 0 Å². The Kier molecular flexibility index (Phi) is 5.91. The van der Waals surface area contributed by atoms with Crippen LogP contribution in [0.5, 0.6) is 0 Å². The van der Waals surface area contributed by atoms with Crippen molar-refractivity contribution in [3.05, 3.63) is 34.9 Å². The molecule has 0 amide bonds. The van der Waals surface area contributed by atoms with Gasteiger partial charge in [-0.3, -0.25) is 9.59 Å². The first kappa shape index (κ1) is 17.6. The van der Waals surface area contributed by atoms with Gasteiger partial charge in [0.25, 0.3) is 0 Å². The lowest BCUT2D eigenvalue weighted by molar-refractivity contribution is -0.137. The van der Waals surface area contributed by atoms with Crippen molar-refractivity contribution in [1.82, 2.24) is 9.80 Å². The summed E-state index contributed by atoms with van der Waals surface area (Å²) in [5, 5.41) is 9.17. The predicted octanol–water partition coefficient (Wildman–Crippen LogP) is 1.82. The number of carboxylic acids is 1. The molecule has 0 bridgehead atoms. The maximum absolute atomic E-state index is 12.8. The number of rotatable bonds is 6. The first-order valence-electron chi connectivity index (χ1n) is 8.11. The zero-order valence-corrected chi connectivity index (χ0v) is 14.2. The van der Waals surface area contributed by atoms with Gasteiger partial charge in [0.05, 0.1) is 6.42 Å². The summed E-state index contributed by atoms with van der Waals surface area (Å²) in [6.07, 6.45) is -0.113. The molecule has 0 aromatic heterocycles. The third-order valence-electron chi connectivity index (χ3n) is 4.66. The monoisotopic (exact) mass is 318 g/mol. The van der Waals surface area contributed by atoms with E-state index in [1.54, 1.807) is 0 Å². The third-order valence-corrected chi connectivity index (χ3v) is 4.66. The van der Waals surface area contributed by atoms with Crippen molar-refractivity contribution in [2.45, 2.75) is 20.3 Å². The van der Waals surface area contributed by atoms with Crippen LogP contribution in [-0.2, 0) is 4.79 Å². The molecule has 5 heteroatoms. The van der Waals surface area contributed by atoms with Crippen LogP contribution >= 0.6 is 0 Å². The van der Waals surface area contributed by atoms with E-state index in [-0.39, 0.29) is 12.2 Å². The van der Waals surface area contributed by atoms with Crippen LogP contribution in [0.4, 0.5) is 0 Å². The van der Waals surface area contributed by atoms with E-state index in [1.165, 1.54) is 0 Å². The number of benzene rings is 1. The van der Waals surface area contributed by atoms with Gasteiger partial charge in [0.2, 0.25) is 0 Å². The summed E-state index contributed by atoms with van der Waals surface area (Å²) in [6.45, 7) is 8.17. The van der Waals surface area contributed by atoms with Crippen molar-refractivity contribution in [2.75, 3.05) is 39.8 Å². The van der Waals surface area contributed by atoms with Crippen LogP contribution < -0.4 is 0 Å². The second-order valence-corrected chi connectivity index (χ2v) is 6.56. The van der Waals surface area contributed by atoms with E-state index < -0.39 is 11.9 Å². The summed E-state index contributed by atoms with van der Waals surface area (Å²) in [6, 6.07) is 5.61. The van der Waals surface area contributed by atoms with E-state index in [9.17, 15) is 14.7 Å². The molecule has 1 saturated heterocycles. The van der Waals surface area contributed by atoms with Crippen LogP contribution in [0.3, 0.4) is 0 Å². The second-order valence-electron chi connectivity index (χ2n) is 6.56. The minimum Gasteiger partial charge on any atom is -0.481 e. The molecular formula is C18H26N2O3. The molecule has 1 atom stereocenters. The van der Waals surface area contributed by atoms with Crippen LogP contribution in [0, 0.1) is 19.8 Å². The Morgan fingerprint density at radius 1 is 1.13 bits per heavy atom. The number of aliphatic carboxylic acids is 1. The molecule has 0 aliphatic carbocycles. The van der Waals surface area contributed by atoms with Gasteiger partial charge in [0.15, 0.2) is 5.78 Å². The van der Waals surface area contributed by atoms with E-state index >= 15 is 0 Å². The Balaban J connectivity index is 2.11. The highest BCUT2D eigenvalue weighted by atomic mass is 16.4. The fourth-order valence-corrected chi connectivity index (χ4v) is 2.92. The van der Waals surface area contributed by atoms with Crippen LogP contribution in [0.25, 0.3) is 0 Å². The van der Waals surface area contributed by atoms with Crippen LogP contribution in [0.1, 0.15) is 27.9 Å². The van der Waals surface area contributed by atoms with E-state index in [1.807, 2.05) is 32.0 Å². The van der Waals surface area contributed by atoms with Gasteiger partial charge in [-0.25, -0.2) is 0 Å². The predicted molar refractivity (Wildman–Crippen MR) is 89.9 cm³/mol. The summed E-state index contributed by atoms with van der Waals surface area (Å²) in [7, 11) is 2.08. The quantitative estimate of drug-likeness (QED) is 0.811. The standard InChI is InChI=1S/C18H26N2O3/c1-13-4-5-15(10-14(13)2)18(23)16(11-17(21)22)12-20-8-6-19(3)7-9-20/h4-5,10,16H,6-9,11-12H2,1-3H3,(H,21,22). The van der Waals surface area contributed by atoms with E-state index in [0.717, 1.165) is 37.3 Å². The molecule has 23 heavy (non-hydrogen) atoms. The minimum absolute atomic E-state index is 0.0607. The van der Waals surface area contributed by atoms with Crippen LogP contribution in [-0.4, -0.2) is 66.4 Å². The van der Waals surface area contributed by atoms with E-state index in [0.29, 0.717) is 12.1 Å². The fraction of sp³-hybridized carbons (Fsp3) is 0.556. The van der Waals surface area contributed by atoms with Gasteiger partial charge in [-0.1, -0.05) is 12.1 Å². The molecule has 1 fully saturated rings. The third kappa shape index (κ3) is 4.88. The highest BCUT2D eigenvalue weighted by molar-refractivity contribution is 5.99. The Morgan fingerprint density at radius 2 is 1.78 bits per heavy atom. The molecule has 1 unspecified atom stereocenters. The molecule has 1 aliphatic heterocycles. The first-order valence-corrected chi connectivity index (χ1v) is 8.11. The van der Waals surface area contributed by atoms with Gasteiger partial charge in [-0.2, -0.15) is 0 Å². The second kappa shape index (κ2) is 7.70. The lowest BCUT2D eigenvalue weighted by Gasteiger charge is -2.34. The van der Waals surface area contributed by atoms with Crippen molar-refractivity contribution in [1.29, 1.82) is 0 Å². The van der Waals surface area contributed by atoms with Crippen LogP contribution in [0.2, 0.25) is 0 Å². The lowest BCUT2D eigenvalue weighted by atomic mass is 9.92. The Labute approximate surface area is 137 Å².